The van der Waals surface area contributed by atoms with Gasteiger partial charge in [0.25, 0.3) is 0 Å². The third-order valence-corrected chi connectivity index (χ3v) is 6.97. The first-order valence-corrected chi connectivity index (χ1v) is 9.90. The fourth-order valence-corrected chi connectivity index (χ4v) is 5.10. The summed E-state index contributed by atoms with van der Waals surface area (Å²) in [6.07, 6.45) is 5.15. The first-order valence-electron chi connectivity index (χ1n) is 8.99. The molecular weight excluding hydrogens is 572 g/mol. The van der Waals surface area contributed by atoms with Crippen LogP contribution in [0.25, 0.3) is 0 Å². The molecule has 2 fully saturated rings. The Labute approximate surface area is 188 Å². The number of aliphatic hydroxyl groups is 2. The Morgan fingerprint density at radius 1 is 1.12 bits per heavy atom. The predicted molar refractivity (Wildman–Crippen MR) is 92.2 cm³/mol. The van der Waals surface area contributed by atoms with Crippen LogP contribution in [-0.2, 0) is 62.8 Å². The van der Waals surface area contributed by atoms with Crippen molar-refractivity contribution in [2.45, 2.75) is 52.7 Å². The Hall–Kier alpha value is 1.93. The van der Waals surface area contributed by atoms with Crippen molar-refractivity contribution in [2.75, 3.05) is 13.2 Å². The van der Waals surface area contributed by atoms with Gasteiger partial charge in [-0.25, -0.2) is 0 Å². The molecule has 0 saturated heterocycles. The molecule has 139 valence electrons. The average molecular weight is 607 g/mol. The van der Waals surface area contributed by atoms with E-state index in [0.717, 1.165) is 12.8 Å². The van der Waals surface area contributed by atoms with E-state index in [0.29, 0.717) is 24.4 Å². The Morgan fingerprint density at radius 3 is 2.17 bits per heavy atom. The fourth-order valence-electron chi connectivity index (χ4n) is 4.05. The third-order valence-electron chi connectivity index (χ3n) is 6.06. The van der Waals surface area contributed by atoms with Crippen LogP contribution in [-0.4, -0.2) is 43.2 Å². The second-order valence-corrected chi connectivity index (χ2v) is 8.67. The van der Waals surface area contributed by atoms with Crippen LogP contribution in [0.15, 0.2) is 0 Å². The summed E-state index contributed by atoms with van der Waals surface area (Å²) >= 11 is 0. The van der Waals surface area contributed by atoms with Gasteiger partial charge in [-0.2, -0.15) is 0 Å². The molecule has 0 aromatic rings. The Kier molecular flexibility index (Phi) is 11.7. The zero-order valence-corrected chi connectivity index (χ0v) is 22.0. The van der Waals surface area contributed by atoms with Crippen LogP contribution in [0.5, 0.6) is 0 Å². The number of hydrogen-bond donors (Lipinski definition) is 2. The average Bonchev–Trinajstić information content (AvgIpc) is 2.89. The van der Waals surface area contributed by atoms with Crippen molar-refractivity contribution in [2.24, 2.45) is 35.5 Å². The van der Waals surface area contributed by atoms with Gasteiger partial charge in [0.1, 0.15) is 9.22 Å². The SMILES string of the molecule is [3H]P(=C)(OCC1CC(C)C(C)C1O)OC1C(CO)CC(C)C1C.[W].[Y]. The molecule has 0 amide bonds. The zero-order valence-electron chi connectivity index (χ0n) is 16.3. The molecule has 2 aliphatic rings. The summed E-state index contributed by atoms with van der Waals surface area (Å²) in [6.45, 7) is 8.88. The molecule has 0 spiro atoms. The fraction of sp³-hybridized carbons (Fsp3) is 0.941. The van der Waals surface area contributed by atoms with E-state index in [-0.39, 0.29) is 90.3 Å². The van der Waals surface area contributed by atoms with Crippen molar-refractivity contribution in [3.8, 4) is 0 Å². The smallest absolute Gasteiger partial charge is 0.116 e. The van der Waals surface area contributed by atoms with Gasteiger partial charge in [0.15, 0.2) is 0 Å². The molecule has 0 bridgehead atoms. The molecule has 24 heavy (non-hydrogen) atoms. The van der Waals surface area contributed by atoms with Gasteiger partial charge in [-0.1, -0.05) is 34.0 Å². The van der Waals surface area contributed by atoms with Gasteiger partial charge in [-0.05, 0) is 36.5 Å². The first kappa shape index (κ1) is 24.0. The van der Waals surface area contributed by atoms with Gasteiger partial charge in [0.05, 0.1) is 18.8 Å². The molecule has 2 saturated carbocycles. The summed E-state index contributed by atoms with van der Waals surface area (Å²) in [5.41, 5.74) is 0. The van der Waals surface area contributed by atoms with E-state index in [1.54, 1.807) is 0 Å². The molecule has 0 heterocycles. The van der Waals surface area contributed by atoms with Gasteiger partial charge in [-0.15, -0.1) is 0 Å². The van der Waals surface area contributed by atoms with Crippen molar-refractivity contribution in [3.05, 3.63) is 0 Å². The van der Waals surface area contributed by atoms with Crippen LogP contribution >= 0.6 is 7.94 Å². The topological polar surface area (TPSA) is 58.9 Å². The maximum atomic E-state index is 10.2. The molecule has 2 rings (SSSR count). The van der Waals surface area contributed by atoms with E-state index in [4.69, 9.17) is 10.3 Å². The predicted octanol–water partition coefficient (Wildman–Crippen LogP) is 2.80. The van der Waals surface area contributed by atoms with E-state index in [1.165, 1.54) is 0 Å². The third kappa shape index (κ3) is 6.23. The summed E-state index contributed by atoms with van der Waals surface area (Å²) in [5, 5.41) is 19.8. The van der Waals surface area contributed by atoms with Crippen LogP contribution in [0.3, 0.4) is 0 Å². The number of rotatable bonds is 6. The van der Waals surface area contributed by atoms with Gasteiger partial charge in [-0.3, -0.25) is 0 Å². The second-order valence-electron chi connectivity index (χ2n) is 7.54. The normalized spacial score (nSPS) is 45.0. The van der Waals surface area contributed by atoms with E-state index < -0.39 is 7.94 Å². The zero-order chi connectivity index (χ0) is 17.4. The summed E-state index contributed by atoms with van der Waals surface area (Å²) in [4.78, 5) is 0. The van der Waals surface area contributed by atoms with Gasteiger partial charge < -0.3 is 19.3 Å². The minimum atomic E-state index is -2.95. The first-order chi connectivity index (χ1) is 10.7. The summed E-state index contributed by atoms with van der Waals surface area (Å²) in [7, 11) is -2.95. The van der Waals surface area contributed by atoms with Crippen LogP contribution in [0.4, 0.5) is 0 Å². The Bertz CT molecular complexity index is 458. The number of aliphatic hydroxyl groups excluding tert-OH is 2. The molecule has 0 aliphatic heterocycles. The summed E-state index contributed by atoms with van der Waals surface area (Å²) in [6, 6.07) is 0. The quantitative estimate of drug-likeness (QED) is 0.457. The van der Waals surface area contributed by atoms with Crippen molar-refractivity contribution >= 4 is 14.2 Å². The molecule has 9 unspecified atom stereocenters. The standard InChI is InChI=1S/C17H33O4P.W.Y/c1-10-7-15(16(19)12(10)3)9-20-22(5)21-17-13(4)11(2)6-14(17)8-18;;/h10-19,22H,5-9H2,1-4H3;;/i22T;;. The molecule has 7 heteroatoms. The van der Waals surface area contributed by atoms with Crippen LogP contribution in [0.2, 0.25) is 0 Å². The van der Waals surface area contributed by atoms with Crippen LogP contribution in [0.1, 0.15) is 40.5 Å². The summed E-state index contributed by atoms with van der Waals surface area (Å²) in [5.74, 6) is 1.62. The van der Waals surface area contributed by atoms with Crippen molar-refractivity contribution < 1.29 is 73.0 Å². The van der Waals surface area contributed by atoms with E-state index in [1.807, 2.05) is 0 Å². The minimum absolute atomic E-state index is 0. The van der Waals surface area contributed by atoms with Gasteiger partial charge in [0, 0.05) is 72.2 Å². The van der Waals surface area contributed by atoms with Crippen molar-refractivity contribution in [1.29, 1.82) is 1.28 Å². The maximum absolute atomic E-state index is 10.2. The van der Waals surface area contributed by atoms with Gasteiger partial charge in [0.2, 0.25) is 0 Å². The summed E-state index contributed by atoms with van der Waals surface area (Å²) < 4.78 is 20.0. The molecule has 4 nitrogen and oxygen atoms in total. The Balaban J connectivity index is 0.00000288. The van der Waals surface area contributed by atoms with E-state index in [9.17, 15) is 10.2 Å². The molecule has 0 aromatic carbocycles. The molecule has 2 N–H and O–H groups in total. The van der Waals surface area contributed by atoms with Crippen molar-refractivity contribution in [3.63, 3.8) is 0 Å². The second kappa shape index (κ2) is 11.7. The number of hydrogen-bond acceptors (Lipinski definition) is 4. The monoisotopic (exact) mass is 607 g/mol. The van der Waals surface area contributed by atoms with Crippen molar-refractivity contribution in [1.82, 2.24) is 0 Å². The maximum Gasteiger partial charge on any atom is 0.116 e. The minimum Gasteiger partial charge on any atom is -0.396 e. The molecular formula is C17H33O4PWY. The Morgan fingerprint density at radius 2 is 1.67 bits per heavy atom. The molecule has 1 radical (unpaired) electrons. The van der Waals surface area contributed by atoms with Crippen LogP contribution < -0.4 is 0 Å². The van der Waals surface area contributed by atoms with Crippen LogP contribution in [0, 0.1) is 35.5 Å². The largest absolute Gasteiger partial charge is 0.396 e. The van der Waals surface area contributed by atoms with E-state index in [2.05, 4.69) is 34.0 Å². The molecule has 2 aliphatic carbocycles. The van der Waals surface area contributed by atoms with Gasteiger partial charge >= 0.3 is 0 Å². The molecule has 9 atom stereocenters. The molecule has 0 aromatic heterocycles. The van der Waals surface area contributed by atoms with E-state index >= 15 is 0 Å².